The number of hydrogen-bond donors (Lipinski definition) is 0. The average molecular weight is 128 g/mol. The smallest absolute Gasteiger partial charge is 0.131 e. The van der Waals surface area contributed by atoms with Gasteiger partial charge in [-0.05, 0) is 27.2 Å². The first-order chi connectivity index (χ1) is 4.12. The van der Waals surface area contributed by atoms with E-state index in [-0.39, 0.29) is 5.60 Å². The maximum Gasteiger partial charge on any atom is 0.131 e. The van der Waals surface area contributed by atoms with E-state index >= 15 is 0 Å². The van der Waals surface area contributed by atoms with E-state index in [1.165, 1.54) is 6.21 Å². The van der Waals surface area contributed by atoms with Gasteiger partial charge in [0.05, 0.1) is 0 Å². The average Bonchev–Trinajstić information content (AvgIpc) is 1.84. The summed E-state index contributed by atoms with van der Waals surface area (Å²) in [7, 11) is 0. The van der Waals surface area contributed by atoms with E-state index in [2.05, 4.69) is 19.0 Å². The summed E-state index contributed by atoms with van der Waals surface area (Å²) in [5, 5.41) is 3.58. The number of nitrogens with zero attached hydrogens (tertiary/aromatic N) is 1. The molecule has 0 aromatic heterocycles. The first-order valence-electron chi connectivity index (χ1n) is 3.11. The van der Waals surface area contributed by atoms with Gasteiger partial charge >= 0.3 is 0 Å². The molecule has 0 saturated carbocycles. The van der Waals surface area contributed by atoms with Crippen LogP contribution in [-0.2, 0) is 4.84 Å². The van der Waals surface area contributed by atoms with Crippen LogP contribution in [0, 0.1) is 6.92 Å². The van der Waals surface area contributed by atoms with Crippen LogP contribution in [0.25, 0.3) is 0 Å². The predicted octanol–water partition coefficient (Wildman–Crippen LogP) is 2.01. The van der Waals surface area contributed by atoms with Gasteiger partial charge in [-0.15, -0.1) is 0 Å². The Morgan fingerprint density at radius 2 is 2.22 bits per heavy atom. The zero-order valence-corrected chi connectivity index (χ0v) is 6.35. The highest BCUT2D eigenvalue weighted by Gasteiger charge is 2.14. The van der Waals surface area contributed by atoms with Gasteiger partial charge < -0.3 is 4.84 Å². The molecule has 0 bridgehead atoms. The van der Waals surface area contributed by atoms with Crippen molar-refractivity contribution in [1.82, 2.24) is 0 Å². The molecule has 0 N–H and O–H groups in total. The van der Waals surface area contributed by atoms with E-state index in [4.69, 9.17) is 4.84 Å². The molecule has 2 heteroatoms. The SMILES string of the molecule is [CH2]C=NOC(C)(C)CC. The van der Waals surface area contributed by atoms with Crippen molar-refractivity contribution >= 4 is 6.21 Å². The Morgan fingerprint density at radius 3 is 2.56 bits per heavy atom. The van der Waals surface area contributed by atoms with Crippen molar-refractivity contribution in [3.8, 4) is 0 Å². The van der Waals surface area contributed by atoms with E-state index in [9.17, 15) is 0 Å². The highest BCUT2D eigenvalue weighted by Crippen LogP contribution is 2.12. The Labute approximate surface area is 56.9 Å². The highest BCUT2D eigenvalue weighted by atomic mass is 16.6. The molecule has 0 aliphatic heterocycles. The summed E-state index contributed by atoms with van der Waals surface area (Å²) in [5.74, 6) is 0. The predicted molar refractivity (Wildman–Crippen MR) is 39.3 cm³/mol. The van der Waals surface area contributed by atoms with Crippen molar-refractivity contribution in [2.24, 2.45) is 5.16 Å². The molecule has 0 heterocycles. The maximum absolute atomic E-state index is 5.03. The second-order valence-electron chi connectivity index (χ2n) is 2.49. The molecule has 9 heavy (non-hydrogen) atoms. The summed E-state index contributed by atoms with van der Waals surface area (Å²) in [5.41, 5.74) is -0.145. The van der Waals surface area contributed by atoms with Gasteiger partial charge in [0.15, 0.2) is 0 Å². The van der Waals surface area contributed by atoms with Crippen molar-refractivity contribution in [1.29, 1.82) is 0 Å². The number of rotatable bonds is 3. The Balaban J connectivity index is 3.58. The second-order valence-corrected chi connectivity index (χ2v) is 2.49. The molecule has 0 spiro atoms. The maximum atomic E-state index is 5.03. The van der Waals surface area contributed by atoms with Crippen LogP contribution in [-0.4, -0.2) is 11.8 Å². The van der Waals surface area contributed by atoms with E-state index < -0.39 is 0 Å². The zero-order chi connectivity index (χ0) is 7.33. The lowest BCUT2D eigenvalue weighted by atomic mass is 10.1. The first-order valence-corrected chi connectivity index (χ1v) is 3.11. The third kappa shape index (κ3) is 4.01. The first kappa shape index (κ1) is 8.47. The lowest BCUT2D eigenvalue weighted by Gasteiger charge is -2.18. The fraction of sp³-hybridized carbons (Fsp3) is 0.714. The van der Waals surface area contributed by atoms with E-state index in [0.29, 0.717) is 0 Å². The molecule has 0 aliphatic rings. The van der Waals surface area contributed by atoms with Crippen LogP contribution in [0.2, 0.25) is 0 Å². The second kappa shape index (κ2) is 3.49. The van der Waals surface area contributed by atoms with Gasteiger partial charge in [0.25, 0.3) is 0 Å². The fourth-order valence-corrected chi connectivity index (χ4v) is 0.244. The Bertz CT molecular complexity index is 97.1. The van der Waals surface area contributed by atoms with Crippen LogP contribution >= 0.6 is 0 Å². The normalized spacial score (nSPS) is 12.4. The molecule has 0 aromatic carbocycles. The lowest BCUT2D eigenvalue weighted by Crippen LogP contribution is -2.19. The van der Waals surface area contributed by atoms with Crippen molar-refractivity contribution < 1.29 is 4.84 Å². The molecule has 0 aromatic rings. The van der Waals surface area contributed by atoms with Crippen LogP contribution in [0.1, 0.15) is 27.2 Å². The molecular weight excluding hydrogens is 114 g/mol. The van der Waals surface area contributed by atoms with Gasteiger partial charge in [0, 0.05) is 6.21 Å². The molecule has 1 radical (unpaired) electrons. The molecule has 2 nitrogen and oxygen atoms in total. The van der Waals surface area contributed by atoms with E-state index in [1.807, 2.05) is 13.8 Å². The van der Waals surface area contributed by atoms with Crippen LogP contribution in [0.15, 0.2) is 5.16 Å². The molecular formula is C7H14NO. The largest absolute Gasteiger partial charge is 0.390 e. The summed E-state index contributed by atoms with van der Waals surface area (Å²) >= 11 is 0. The van der Waals surface area contributed by atoms with Gasteiger partial charge in [-0.25, -0.2) is 0 Å². The van der Waals surface area contributed by atoms with Crippen LogP contribution in [0.4, 0.5) is 0 Å². The number of oxime groups is 1. The zero-order valence-electron chi connectivity index (χ0n) is 6.35. The summed E-state index contributed by atoms with van der Waals surface area (Å²) in [4.78, 5) is 5.03. The van der Waals surface area contributed by atoms with E-state index in [0.717, 1.165) is 6.42 Å². The van der Waals surface area contributed by atoms with Gasteiger partial charge in [0.1, 0.15) is 5.60 Å². The Hall–Kier alpha value is -0.530. The minimum absolute atomic E-state index is 0.145. The van der Waals surface area contributed by atoms with Crippen LogP contribution in [0.3, 0.4) is 0 Å². The summed E-state index contributed by atoms with van der Waals surface area (Å²) in [6.07, 6.45) is 2.35. The molecule has 0 unspecified atom stereocenters. The third-order valence-electron chi connectivity index (χ3n) is 1.23. The topological polar surface area (TPSA) is 21.6 Å². The molecule has 0 fully saturated rings. The van der Waals surface area contributed by atoms with Crippen molar-refractivity contribution in [2.45, 2.75) is 32.8 Å². The van der Waals surface area contributed by atoms with E-state index in [1.54, 1.807) is 0 Å². The molecule has 0 amide bonds. The molecule has 53 valence electrons. The molecule has 0 atom stereocenters. The summed E-state index contributed by atoms with van der Waals surface area (Å²) < 4.78 is 0. The fourth-order valence-electron chi connectivity index (χ4n) is 0.244. The van der Waals surface area contributed by atoms with Crippen LogP contribution in [0.5, 0.6) is 0 Å². The third-order valence-corrected chi connectivity index (χ3v) is 1.23. The quantitative estimate of drug-likeness (QED) is 0.421. The summed E-state index contributed by atoms with van der Waals surface area (Å²) in [6, 6.07) is 0. The highest BCUT2D eigenvalue weighted by molar-refractivity contribution is 5.60. The van der Waals surface area contributed by atoms with Gasteiger partial charge in [-0.3, -0.25) is 0 Å². The lowest BCUT2D eigenvalue weighted by molar-refractivity contribution is -0.0158. The van der Waals surface area contributed by atoms with Crippen molar-refractivity contribution in [2.75, 3.05) is 0 Å². The van der Waals surface area contributed by atoms with Crippen molar-refractivity contribution in [3.63, 3.8) is 0 Å². The van der Waals surface area contributed by atoms with Crippen LogP contribution < -0.4 is 0 Å². The molecule has 0 aliphatic carbocycles. The molecule has 0 rings (SSSR count). The minimum atomic E-state index is -0.145. The monoisotopic (exact) mass is 128 g/mol. The number of hydrogen-bond acceptors (Lipinski definition) is 2. The van der Waals surface area contributed by atoms with Gasteiger partial charge in [-0.1, -0.05) is 12.1 Å². The Morgan fingerprint density at radius 1 is 1.67 bits per heavy atom. The summed E-state index contributed by atoms with van der Waals surface area (Å²) in [6.45, 7) is 9.43. The Kier molecular flexibility index (Phi) is 3.28. The standard InChI is InChI=1S/C7H14NO/c1-5-7(3,4)9-8-6-2/h6H,2,5H2,1,3-4H3. The van der Waals surface area contributed by atoms with Gasteiger partial charge in [0.2, 0.25) is 0 Å². The molecule has 0 saturated heterocycles. The van der Waals surface area contributed by atoms with Gasteiger partial charge in [-0.2, -0.15) is 0 Å². The minimum Gasteiger partial charge on any atom is -0.390 e. The van der Waals surface area contributed by atoms with Crippen molar-refractivity contribution in [3.05, 3.63) is 6.92 Å².